The van der Waals surface area contributed by atoms with E-state index in [0.29, 0.717) is 40.4 Å². The standard InChI is InChI=1S/C36H33FN8O4/c37-27-17-21(16-23-19-44(36(48)30(23)27)28-10-11-29(46)41-35(28)47)18-43-14-12-24(13-15-43)45-34-31(33(38)39-20-40-34)32(42-45)22-6-8-26(9-7-22)49-25-4-2-1-3-5-25/h1-9,16-17,20,24,28H,10-15,18-19H2,(H2,38,39,40)(H,41,46,47). The molecule has 1 atom stereocenters. The second-order valence-electron chi connectivity index (χ2n) is 12.7. The molecule has 13 heteroatoms. The van der Waals surface area contributed by atoms with Gasteiger partial charge in [-0.3, -0.25) is 24.6 Å². The monoisotopic (exact) mass is 660 g/mol. The molecule has 2 fully saturated rings. The first-order chi connectivity index (χ1) is 23.8. The van der Waals surface area contributed by atoms with Gasteiger partial charge in [-0.15, -0.1) is 0 Å². The fourth-order valence-corrected chi connectivity index (χ4v) is 7.15. The number of aromatic nitrogens is 4. The van der Waals surface area contributed by atoms with Crippen molar-refractivity contribution in [3.05, 3.63) is 95.6 Å². The number of anilines is 1. The number of nitrogen functional groups attached to an aromatic ring is 1. The predicted octanol–water partition coefficient (Wildman–Crippen LogP) is 4.61. The van der Waals surface area contributed by atoms with E-state index in [2.05, 4.69) is 20.2 Å². The van der Waals surface area contributed by atoms with Crippen LogP contribution in [0.3, 0.4) is 0 Å². The third kappa shape index (κ3) is 5.75. The molecule has 0 saturated carbocycles. The van der Waals surface area contributed by atoms with E-state index in [1.54, 1.807) is 0 Å². The van der Waals surface area contributed by atoms with Gasteiger partial charge in [0.15, 0.2) is 5.65 Å². The van der Waals surface area contributed by atoms with E-state index < -0.39 is 23.7 Å². The van der Waals surface area contributed by atoms with Gasteiger partial charge in [0.05, 0.1) is 17.0 Å². The summed E-state index contributed by atoms with van der Waals surface area (Å²) in [4.78, 5) is 49.5. The van der Waals surface area contributed by atoms with Gasteiger partial charge in [-0.05, 0) is 72.9 Å². The van der Waals surface area contributed by atoms with Gasteiger partial charge in [-0.2, -0.15) is 5.10 Å². The molecule has 5 heterocycles. The van der Waals surface area contributed by atoms with Gasteiger partial charge in [-0.1, -0.05) is 24.3 Å². The van der Waals surface area contributed by atoms with Crippen molar-refractivity contribution >= 4 is 34.6 Å². The maximum absolute atomic E-state index is 15.3. The molecule has 8 rings (SSSR count). The summed E-state index contributed by atoms with van der Waals surface area (Å²) in [6.45, 7) is 2.14. The number of piperidine rings is 2. The van der Waals surface area contributed by atoms with Crippen molar-refractivity contribution in [2.24, 2.45) is 0 Å². The number of benzene rings is 3. The first kappa shape index (κ1) is 30.6. The van der Waals surface area contributed by atoms with Crippen LogP contribution in [-0.2, 0) is 22.7 Å². The Kier molecular flexibility index (Phi) is 7.75. The van der Waals surface area contributed by atoms with Crippen LogP contribution in [0, 0.1) is 5.82 Å². The molecule has 0 radical (unpaired) electrons. The third-order valence-electron chi connectivity index (χ3n) is 9.57. The molecule has 3 N–H and O–H groups in total. The molecule has 3 amide bonds. The summed E-state index contributed by atoms with van der Waals surface area (Å²) in [6.07, 6.45) is 3.42. The lowest BCUT2D eigenvalue weighted by Gasteiger charge is -2.32. The van der Waals surface area contributed by atoms with Crippen LogP contribution in [0.15, 0.2) is 73.1 Å². The number of nitrogens with one attached hydrogen (secondary N) is 1. The molecule has 1 unspecified atom stereocenters. The molecule has 3 aliphatic rings. The highest BCUT2D eigenvalue weighted by Crippen LogP contribution is 2.36. The van der Waals surface area contributed by atoms with Crippen molar-refractivity contribution in [1.29, 1.82) is 0 Å². The van der Waals surface area contributed by atoms with Crippen molar-refractivity contribution in [3.63, 3.8) is 0 Å². The molecule has 2 saturated heterocycles. The van der Waals surface area contributed by atoms with Crippen LogP contribution < -0.4 is 15.8 Å². The number of halogens is 1. The topological polar surface area (TPSA) is 149 Å². The SMILES string of the molecule is Nc1ncnc2c1c(-c1ccc(Oc3ccccc3)cc1)nn2C1CCN(Cc2cc(F)c3c(c2)CN(C2CCC(=O)NC2=O)C3=O)CC1. The minimum atomic E-state index is -0.785. The molecule has 0 aliphatic carbocycles. The Labute approximate surface area is 280 Å². The Morgan fingerprint density at radius 1 is 0.939 bits per heavy atom. The van der Waals surface area contributed by atoms with Crippen LogP contribution in [0.5, 0.6) is 11.5 Å². The Balaban J connectivity index is 0.963. The highest BCUT2D eigenvalue weighted by Gasteiger charge is 2.40. The first-order valence-electron chi connectivity index (χ1n) is 16.3. The number of hydrogen-bond donors (Lipinski definition) is 2. The summed E-state index contributed by atoms with van der Waals surface area (Å²) in [7, 11) is 0. The number of carbonyl (C=O) groups excluding carboxylic acids is 3. The van der Waals surface area contributed by atoms with E-state index in [1.165, 1.54) is 17.3 Å². The second-order valence-corrected chi connectivity index (χ2v) is 12.7. The molecule has 5 aromatic rings. The fraction of sp³-hybridized carbons (Fsp3) is 0.278. The van der Waals surface area contributed by atoms with Crippen molar-refractivity contribution in [2.75, 3.05) is 18.8 Å². The summed E-state index contributed by atoms with van der Waals surface area (Å²) in [5.74, 6) is -0.157. The molecular weight excluding hydrogens is 627 g/mol. The zero-order chi connectivity index (χ0) is 33.6. The number of rotatable bonds is 7. The van der Waals surface area contributed by atoms with Gasteiger partial charge in [0.2, 0.25) is 11.8 Å². The molecular formula is C36H33FN8O4. The van der Waals surface area contributed by atoms with Crippen LogP contribution in [0.1, 0.15) is 53.2 Å². The number of ether oxygens (including phenoxy) is 1. The Morgan fingerprint density at radius 2 is 1.69 bits per heavy atom. The van der Waals surface area contributed by atoms with E-state index in [0.717, 1.165) is 42.8 Å². The number of fused-ring (bicyclic) bond motifs is 2. The number of likely N-dealkylation sites (tertiary alicyclic amines) is 1. The van der Waals surface area contributed by atoms with Crippen LogP contribution in [0.4, 0.5) is 10.2 Å². The van der Waals surface area contributed by atoms with E-state index in [1.807, 2.05) is 65.3 Å². The number of nitrogens with two attached hydrogens (primary N) is 1. The molecule has 0 bridgehead atoms. The summed E-state index contributed by atoms with van der Waals surface area (Å²) in [5, 5.41) is 8.01. The summed E-state index contributed by atoms with van der Waals surface area (Å²) in [5.41, 5.74) is 9.96. The lowest BCUT2D eigenvalue weighted by atomic mass is 10.0. The average Bonchev–Trinajstić information content (AvgIpc) is 3.65. The van der Waals surface area contributed by atoms with E-state index in [4.69, 9.17) is 15.6 Å². The zero-order valence-corrected chi connectivity index (χ0v) is 26.5. The quantitative estimate of drug-likeness (QED) is 0.239. The van der Waals surface area contributed by atoms with E-state index in [-0.39, 0.29) is 36.9 Å². The lowest BCUT2D eigenvalue weighted by Crippen LogP contribution is -2.52. The van der Waals surface area contributed by atoms with Gasteiger partial charge in [-0.25, -0.2) is 19.0 Å². The number of para-hydroxylation sites is 1. The smallest absolute Gasteiger partial charge is 0.258 e. The van der Waals surface area contributed by atoms with Crippen LogP contribution in [0.25, 0.3) is 22.3 Å². The highest BCUT2D eigenvalue weighted by atomic mass is 19.1. The van der Waals surface area contributed by atoms with Gasteiger partial charge in [0.1, 0.15) is 41.2 Å². The molecule has 12 nitrogen and oxygen atoms in total. The maximum Gasteiger partial charge on any atom is 0.258 e. The third-order valence-corrected chi connectivity index (χ3v) is 9.57. The molecule has 3 aliphatic heterocycles. The van der Waals surface area contributed by atoms with Gasteiger partial charge >= 0.3 is 0 Å². The Bertz CT molecular complexity index is 2090. The second kappa shape index (κ2) is 12.4. The summed E-state index contributed by atoms with van der Waals surface area (Å²) in [6, 6.07) is 19.8. The Morgan fingerprint density at radius 3 is 2.45 bits per heavy atom. The van der Waals surface area contributed by atoms with Gasteiger partial charge < -0.3 is 15.4 Å². The summed E-state index contributed by atoms with van der Waals surface area (Å²) >= 11 is 0. The van der Waals surface area contributed by atoms with Gasteiger partial charge in [0.25, 0.3) is 5.91 Å². The predicted molar refractivity (Wildman–Crippen MR) is 178 cm³/mol. The fourth-order valence-electron chi connectivity index (χ4n) is 7.15. The normalized spacial score (nSPS) is 18.6. The lowest BCUT2D eigenvalue weighted by molar-refractivity contribution is -0.136. The molecule has 2 aromatic heterocycles. The number of amides is 3. The average molecular weight is 661 g/mol. The van der Waals surface area contributed by atoms with Crippen molar-refractivity contribution in [1.82, 2.24) is 34.9 Å². The van der Waals surface area contributed by atoms with Gasteiger partial charge in [0, 0.05) is 38.2 Å². The number of hydrogen-bond acceptors (Lipinski definition) is 9. The molecule has 248 valence electrons. The van der Waals surface area contributed by atoms with Crippen LogP contribution >= 0.6 is 0 Å². The summed E-state index contributed by atoms with van der Waals surface area (Å²) < 4.78 is 23.2. The minimum absolute atomic E-state index is 0.00754. The van der Waals surface area contributed by atoms with E-state index >= 15 is 4.39 Å². The minimum Gasteiger partial charge on any atom is -0.457 e. The molecule has 49 heavy (non-hydrogen) atoms. The number of carbonyl (C=O) groups is 3. The number of nitrogens with zero attached hydrogens (tertiary/aromatic N) is 6. The zero-order valence-electron chi connectivity index (χ0n) is 26.5. The first-order valence-corrected chi connectivity index (χ1v) is 16.3. The maximum atomic E-state index is 15.3. The van der Waals surface area contributed by atoms with E-state index in [9.17, 15) is 14.4 Å². The Hall–Kier alpha value is -5.69. The molecule has 0 spiro atoms. The van der Waals surface area contributed by atoms with Crippen molar-refractivity contribution < 1.29 is 23.5 Å². The van der Waals surface area contributed by atoms with Crippen LogP contribution in [-0.4, -0.2) is 66.4 Å². The largest absolute Gasteiger partial charge is 0.457 e. The highest BCUT2D eigenvalue weighted by molar-refractivity contribution is 6.05. The number of imide groups is 1. The molecule has 3 aromatic carbocycles. The van der Waals surface area contributed by atoms with Crippen molar-refractivity contribution in [2.45, 2.75) is 50.9 Å². The van der Waals surface area contributed by atoms with Crippen LogP contribution in [0.2, 0.25) is 0 Å². The van der Waals surface area contributed by atoms with Crippen molar-refractivity contribution in [3.8, 4) is 22.8 Å².